The van der Waals surface area contributed by atoms with Crippen LogP contribution < -0.4 is 0 Å². The Hall–Kier alpha value is -1.80. The van der Waals surface area contributed by atoms with Crippen molar-refractivity contribution in [3.8, 4) is 0 Å². The first kappa shape index (κ1) is 13.6. The lowest BCUT2D eigenvalue weighted by molar-refractivity contribution is -0.142. The first-order valence-corrected chi connectivity index (χ1v) is 6.45. The molecule has 0 saturated carbocycles. The van der Waals surface area contributed by atoms with Gasteiger partial charge in [-0.05, 0) is 29.7 Å². The Morgan fingerprint density at radius 1 is 1.11 bits per heavy atom. The third-order valence-corrected chi connectivity index (χ3v) is 3.29. The van der Waals surface area contributed by atoms with Gasteiger partial charge in [0.25, 0.3) is 0 Å². The molecule has 3 heteroatoms. The summed E-state index contributed by atoms with van der Waals surface area (Å²) < 4.78 is 4.90. The van der Waals surface area contributed by atoms with Crippen molar-refractivity contribution in [3.05, 3.63) is 70.7 Å². The number of carbonyl (C=O) groups excluding carboxylic acids is 1. The summed E-state index contributed by atoms with van der Waals surface area (Å²) >= 11 is 5.86. The van der Waals surface area contributed by atoms with Gasteiger partial charge in [0.05, 0.1) is 13.0 Å². The van der Waals surface area contributed by atoms with Crippen LogP contribution in [0.5, 0.6) is 0 Å². The highest BCUT2D eigenvalue weighted by atomic mass is 35.5. The van der Waals surface area contributed by atoms with E-state index in [-0.39, 0.29) is 11.9 Å². The Kier molecular flexibility index (Phi) is 4.58. The van der Waals surface area contributed by atoms with E-state index in [1.807, 2.05) is 54.6 Å². The summed E-state index contributed by atoms with van der Waals surface area (Å²) in [6.07, 6.45) is 0.605. The SMILES string of the molecule is COC(=O)C(Cc1ccc(Cl)cc1)c1ccccc1. The highest BCUT2D eigenvalue weighted by Crippen LogP contribution is 2.23. The molecule has 19 heavy (non-hydrogen) atoms. The molecule has 2 aromatic carbocycles. The molecule has 0 saturated heterocycles. The van der Waals surface area contributed by atoms with Crippen molar-refractivity contribution in [3.63, 3.8) is 0 Å². The summed E-state index contributed by atoms with van der Waals surface area (Å²) in [5.74, 6) is -0.506. The van der Waals surface area contributed by atoms with E-state index < -0.39 is 0 Å². The number of esters is 1. The molecule has 98 valence electrons. The predicted octanol–water partition coefficient (Wildman–Crippen LogP) is 3.84. The zero-order valence-electron chi connectivity index (χ0n) is 10.7. The van der Waals surface area contributed by atoms with Crippen LogP contribution in [-0.4, -0.2) is 13.1 Å². The van der Waals surface area contributed by atoms with E-state index in [9.17, 15) is 4.79 Å². The van der Waals surface area contributed by atoms with Crippen molar-refractivity contribution in [1.82, 2.24) is 0 Å². The maximum Gasteiger partial charge on any atom is 0.313 e. The molecule has 0 aromatic heterocycles. The molecule has 2 aromatic rings. The molecule has 0 aliphatic heterocycles. The van der Waals surface area contributed by atoms with Crippen LogP contribution >= 0.6 is 11.6 Å². The second kappa shape index (κ2) is 6.39. The molecular formula is C16H15ClO2. The number of hydrogen-bond acceptors (Lipinski definition) is 2. The average molecular weight is 275 g/mol. The standard InChI is InChI=1S/C16H15ClO2/c1-19-16(18)15(13-5-3-2-4-6-13)11-12-7-9-14(17)10-8-12/h2-10,15H,11H2,1H3. The molecule has 1 atom stereocenters. The Labute approximate surface area is 118 Å². The fourth-order valence-corrected chi connectivity index (χ4v) is 2.15. The summed E-state index contributed by atoms with van der Waals surface area (Å²) in [7, 11) is 1.42. The van der Waals surface area contributed by atoms with Gasteiger partial charge in [-0.25, -0.2) is 0 Å². The lowest BCUT2D eigenvalue weighted by atomic mass is 9.92. The van der Waals surface area contributed by atoms with E-state index in [0.29, 0.717) is 11.4 Å². The van der Waals surface area contributed by atoms with E-state index in [1.165, 1.54) is 7.11 Å². The number of benzene rings is 2. The minimum atomic E-state index is -0.285. The number of methoxy groups -OCH3 is 1. The van der Waals surface area contributed by atoms with E-state index >= 15 is 0 Å². The van der Waals surface area contributed by atoms with Crippen LogP contribution in [0.1, 0.15) is 17.0 Å². The lowest BCUT2D eigenvalue weighted by Crippen LogP contribution is -2.16. The van der Waals surface area contributed by atoms with Gasteiger partial charge in [0.1, 0.15) is 0 Å². The van der Waals surface area contributed by atoms with Gasteiger partial charge in [0.15, 0.2) is 0 Å². The zero-order valence-corrected chi connectivity index (χ0v) is 11.4. The maximum atomic E-state index is 11.9. The van der Waals surface area contributed by atoms with E-state index in [0.717, 1.165) is 11.1 Å². The van der Waals surface area contributed by atoms with Crippen LogP contribution in [-0.2, 0) is 16.0 Å². The average Bonchev–Trinajstić information content (AvgIpc) is 2.47. The summed E-state index contributed by atoms with van der Waals surface area (Å²) in [4.78, 5) is 11.9. The van der Waals surface area contributed by atoms with Gasteiger partial charge in [0.2, 0.25) is 0 Å². The fraction of sp³-hybridized carbons (Fsp3) is 0.188. The lowest BCUT2D eigenvalue weighted by Gasteiger charge is -2.15. The maximum absolute atomic E-state index is 11.9. The molecule has 0 aliphatic carbocycles. The molecule has 0 fully saturated rings. The summed E-state index contributed by atoms with van der Waals surface area (Å²) in [6.45, 7) is 0. The van der Waals surface area contributed by atoms with Crippen molar-refractivity contribution >= 4 is 17.6 Å². The zero-order chi connectivity index (χ0) is 13.7. The van der Waals surface area contributed by atoms with Crippen LogP contribution in [0.2, 0.25) is 5.02 Å². The smallest absolute Gasteiger partial charge is 0.313 e. The molecule has 0 aliphatic rings. The van der Waals surface area contributed by atoms with Crippen LogP contribution in [0, 0.1) is 0 Å². The second-order valence-corrected chi connectivity index (χ2v) is 4.75. The van der Waals surface area contributed by atoms with Crippen molar-refractivity contribution in [2.75, 3.05) is 7.11 Å². The van der Waals surface area contributed by atoms with Crippen molar-refractivity contribution in [1.29, 1.82) is 0 Å². The highest BCUT2D eigenvalue weighted by molar-refractivity contribution is 6.30. The largest absolute Gasteiger partial charge is 0.469 e. The molecular weight excluding hydrogens is 260 g/mol. The number of halogens is 1. The Balaban J connectivity index is 2.24. The summed E-state index contributed by atoms with van der Waals surface area (Å²) in [6, 6.07) is 17.2. The summed E-state index contributed by atoms with van der Waals surface area (Å²) in [5, 5.41) is 0.693. The van der Waals surface area contributed by atoms with Gasteiger partial charge in [-0.15, -0.1) is 0 Å². The predicted molar refractivity (Wildman–Crippen MR) is 76.4 cm³/mol. The van der Waals surface area contributed by atoms with Crippen LogP contribution in [0.4, 0.5) is 0 Å². The number of ether oxygens (including phenoxy) is 1. The molecule has 0 heterocycles. The van der Waals surface area contributed by atoms with Crippen molar-refractivity contribution in [2.45, 2.75) is 12.3 Å². The van der Waals surface area contributed by atoms with Crippen LogP contribution in [0.15, 0.2) is 54.6 Å². The Bertz CT molecular complexity index is 534. The first-order valence-electron chi connectivity index (χ1n) is 6.08. The Morgan fingerprint density at radius 3 is 2.32 bits per heavy atom. The van der Waals surface area contributed by atoms with Gasteiger partial charge >= 0.3 is 5.97 Å². The minimum absolute atomic E-state index is 0.221. The highest BCUT2D eigenvalue weighted by Gasteiger charge is 2.21. The molecule has 0 N–H and O–H groups in total. The summed E-state index contributed by atoms with van der Waals surface area (Å²) in [5.41, 5.74) is 2.02. The number of hydrogen-bond donors (Lipinski definition) is 0. The Morgan fingerprint density at radius 2 is 1.74 bits per heavy atom. The molecule has 2 rings (SSSR count). The van der Waals surface area contributed by atoms with Crippen molar-refractivity contribution in [2.24, 2.45) is 0 Å². The molecule has 1 unspecified atom stereocenters. The first-order chi connectivity index (χ1) is 9.20. The molecule has 0 radical (unpaired) electrons. The van der Waals surface area contributed by atoms with E-state index in [2.05, 4.69) is 0 Å². The number of carbonyl (C=O) groups is 1. The number of rotatable bonds is 4. The third-order valence-electron chi connectivity index (χ3n) is 3.04. The van der Waals surface area contributed by atoms with Gasteiger partial charge in [-0.2, -0.15) is 0 Å². The van der Waals surface area contributed by atoms with E-state index in [4.69, 9.17) is 16.3 Å². The van der Waals surface area contributed by atoms with Crippen molar-refractivity contribution < 1.29 is 9.53 Å². The van der Waals surface area contributed by atoms with E-state index in [1.54, 1.807) is 0 Å². The molecule has 0 bridgehead atoms. The molecule has 0 amide bonds. The van der Waals surface area contributed by atoms with Gasteiger partial charge in [-0.1, -0.05) is 54.1 Å². The normalized spacial score (nSPS) is 11.9. The quantitative estimate of drug-likeness (QED) is 0.792. The van der Waals surface area contributed by atoms with Gasteiger partial charge in [-0.3, -0.25) is 4.79 Å². The second-order valence-electron chi connectivity index (χ2n) is 4.32. The van der Waals surface area contributed by atoms with Crippen LogP contribution in [0.25, 0.3) is 0 Å². The third kappa shape index (κ3) is 3.58. The monoisotopic (exact) mass is 274 g/mol. The fourth-order valence-electron chi connectivity index (χ4n) is 2.02. The van der Waals surface area contributed by atoms with Crippen LogP contribution in [0.3, 0.4) is 0 Å². The van der Waals surface area contributed by atoms with Gasteiger partial charge in [0, 0.05) is 5.02 Å². The minimum Gasteiger partial charge on any atom is -0.469 e. The molecule has 2 nitrogen and oxygen atoms in total. The van der Waals surface area contributed by atoms with Gasteiger partial charge < -0.3 is 4.74 Å². The topological polar surface area (TPSA) is 26.3 Å². The molecule has 0 spiro atoms.